The van der Waals surface area contributed by atoms with Gasteiger partial charge < -0.3 is 0 Å². The number of nitrogens with one attached hydrogen (secondary N) is 1. The molecule has 134 valence electrons. The molecular weight excluding hydrogens is 318 g/mol. The Hall–Kier alpha value is -2.50. The van der Waals surface area contributed by atoms with Gasteiger partial charge in [-0.1, -0.05) is 44.7 Å². The van der Waals surface area contributed by atoms with Crippen LogP contribution in [0.1, 0.15) is 73.1 Å². The highest BCUT2D eigenvalue weighted by molar-refractivity contribution is 6.22. The van der Waals surface area contributed by atoms with Gasteiger partial charge >= 0.3 is 0 Å². The van der Waals surface area contributed by atoms with E-state index in [-0.39, 0.29) is 24.3 Å². The van der Waals surface area contributed by atoms with Crippen molar-refractivity contribution in [2.45, 2.75) is 52.4 Å². The highest BCUT2D eigenvalue weighted by atomic mass is 16.2. The first kappa shape index (κ1) is 18.8. The Morgan fingerprint density at radius 2 is 1.64 bits per heavy atom. The number of fused-ring (bicyclic) bond motifs is 1. The average molecular weight is 343 g/mol. The smallest absolute Gasteiger partial charge is 0.261 e. The minimum Gasteiger partial charge on any atom is -0.273 e. The lowest BCUT2D eigenvalue weighted by Gasteiger charge is -2.13. The molecule has 25 heavy (non-hydrogen) atoms. The maximum Gasteiger partial charge on any atom is 0.261 e. The predicted octanol–water partition coefficient (Wildman–Crippen LogP) is 3.14. The molecule has 0 saturated heterocycles. The lowest BCUT2D eigenvalue weighted by Crippen LogP contribution is -2.35. The highest BCUT2D eigenvalue weighted by Gasteiger charge is 2.35. The summed E-state index contributed by atoms with van der Waals surface area (Å²) in [5.74, 6) is -0.784. The Kier molecular flexibility index (Phi) is 6.86. The second-order valence-corrected chi connectivity index (χ2v) is 6.29. The molecule has 0 fully saturated rings. The molecule has 0 atom stereocenters. The van der Waals surface area contributed by atoms with Crippen LogP contribution < -0.4 is 5.43 Å². The summed E-state index contributed by atoms with van der Waals surface area (Å²) in [5.41, 5.74) is 3.83. The van der Waals surface area contributed by atoms with E-state index in [4.69, 9.17) is 0 Å². The van der Waals surface area contributed by atoms with Crippen LogP contribution in [-0.2, 0) is 4.79 Å². The minimum absolute atomic E-state index is 0.0725. The van der Waals surface area contributed by atoms with Crippen molar-refractivity contribution in [3.05, 3.63) is 35.4 Å². The third kappa shape index (κ3) is 4.98. The predicted molar refractivity (Wildman–Crippen MR) is 96.4 cm³/mol. The van der Waals surface area contributed by atoms with Crippen LogP contribution >= 0.6 is 0 Å². The van der Waals surface area contributed by atoms with E-state index in [1.165, 1.54) is 12.8 Å². The molecule has 3 amide bonds. The van der Waals surface area contributed by atoms with Crippen molar-refractivity contribution < 1.29 is 14.4 Å². The first-order valence-corrected chi connectivity index (χ1v) is 8.81. The molecule has 0 radical (unpaired) electrons. The fraction of sp³-hybridized carbons (Fsp3) is 0.474. The molecule has 0 saturated carbocycles. The van der Waals surface area contributed by atoms with E-state index in [2.05, 4.69) is 17.5 Å². The summed E-state index contributed by atoms with van der Waals surface area (Å²) in [5, 5.41) is 4.01. The summed E-state index contributed by atoms with van der Waals surface area (Å²) in [7, 11) is 0. The number of unbranched alkanes of at least 4 members (excludes halogenated alkanes) is 4. The van der Waals surface area contributed by atoms with Crippen LogP contribution in [0, 0.1) is 0 Å². The van der Waals surface area contributed by atoms with Crippen molar-refractivity contribution in [3.63, 3.8) is 0 Å². The number of hydrogen-bond acceptors (Lipinski definition) is 4. The van der Waals surface area contributed by atoms with E-state index < -0.39 is 0 Å². The van der Waals surface area contributed by atoms with Gasteiger partial charge in [0, 0.05) is 6.42 Å². The molecule has 0 aliphatic carbocycles. The van der Waals surface area contributed by atoms with Gasteiger partial charge in [-0.15, -0.1) is 0 Å². The first-order chi connectivity index (χ1) is 12.0. The van der Waals surface area contributed by atoms with Crippen molar-refractivity contribution in [2.24, 2.45) is 5.10 Å². The molecule has 1 aliphatic rings. The van der Waals surface area contributed by atoms with Crippen LogP contribution in [0.3, 0.4) is 0 Å². The fourth-order valence-corrected chi connectivity index (χ4v) is 2.75. The van der Waals surface area contributed by atoms with Crippen molar-refractivity contribution in [2.75, 3.05) is 6.54 Å². The SMILES string of the molecule is CCCCCCCC(=O)N/N=C(/C)CN1C(=O)c2ccccc2C1=O. The van der Waals surface area contributed by atoms with Crippen molar-refractivity contribution in [1.29, 1.82) is 0 Å². The Morgan fingerprint density at radius 1 is 1.04 bits per heavy atom. The molecule has 1 heterocycles. The summed E-state index contributed by atoms with van der Waals surface area (Å²) >= 11 is 0. The topological polar surface area (TPSA) is 78.8 Å². The number of benzene rings is 1. The van der Waals surface area contributed by atoms with E-state index in [9.17, 15) is 14.4 Å². The van der Waals surface area contributed by atoms with Crippen LogP contribution in [0.25, 0.3) is 0 Å². The number of hydrazone groups is 1. The van der Waals surface area contributed by atoms with Gasteiger partial charge in [0.05, 0.1) is 23.4 Å². The average Bonchev–Trinajstić information content (AvgIpc) is 2.85. The largest absolute Gasteiger partial charge is 0.273 e. The van der Waals surface area contributed by atoms with E-state index in [0.717, 1.165) is 24.2 Å². The molecule has 1 N–H and O–H groups in total. The van der Waals surface area contributed by atoms with Gasteiger partial charge in [-0.2, -0.15) is 5.10 Å². The van der Waals surface area contributed by atoms with Gasteiger partial charge in [0.2, 0.25) is 5.91 Å². The molecule has 0 spiro atoms. The quantitative estimate of drug-likeness (QED) is 0.324. The second-order valence-electron chi connectivity index (χ2n) is 6.29. The van der Waals surface area contributed by atoms with Crippen LogP contribution in [-0.4, -0.2) is 34.9 Å². The number of rotatable bonds is 9. The zero-order valence-corrected chi connectivity index (χ0v) is 14.9. The highest BCUT2D eigenvalue weighted by Crippen LogP contribution is 2.22. The summed E-state index contributed by atoms with van der Waals surface area (Å²) in [6.07, 6.45) is 5.84. The van der Waals surface area contributed by atoms with Crippen molar-refractivity contribution in [3.8, 4) is 0 Å². The maximum absolute atomic E-state index is 12.3. The molecule has 2 rings (SSSR count). The van der Waals surface area contributed by atoms with Crippen molar-refractivity contribution in [1.82, 2.24) is 10.3 Å². The Morgan fingerprint density at radius 3 is 2.24 bits per heavy atom. The standard InChI is InChI=1S/C19H25N3O3/c1-3-4-5-6-7-12-17(23)21-20-14(2)13-22-18(24)15-10-8-9-11-16(15)19(22)25/h8-11H,3-7,12-13H2,1-2H3,(H,21,23)/b20-14-. The molecular formula is C19H25N3O3. The van der Waals surface area contributed by atoms with Crippen LogP contribution in [0.4, 0.5) is 0 Å². The Labute approximate surface area is 148 Å². The number of hydrogen-bond donors (Lipinski definition) is 1. The normalized spacial score (nSPS) is 14.0. The monoisotopic (exact) mass is 343 g/mol. The summed E-state index contributed by atoms with van der Waals surface area (Å²) in [6, 6.07) is 6.75. The Bertz CT molecular complexity index is 647. The molecule has 6 heteroatoms. The van der Waals surface area contributed by atoms with E-state index in [1.807, 2.05) is 0 Å². The fourth-order valence-electron chi connectivity index (χ4n) is 2.75. The van der Waals surface area contributed by atoms with E-state index >= 15 is 0 Å². The molecule has 1 aliphatic heterocycles. The molecule has 6 nitrogen and oxygen atoms in total. The summed E-state index contributed by atoms with van der Waals surface area (Å²) in [6.45, 7) is 3.91. The molecule has 0 aromatic heterocycles. The van der Waals surface area contributed by atoms with Gasteiger partial charge in [0.25, 0.3) is 11.8 Å². The van der Waals surface area contributed by atoms with Gasteiger partial charge in [0.1, 0.15) is 0 Å². The number of amides is 3. The minimum atomic E-state index is -0.322. The third-order valence-corrected chi connectivity index (χ3v) is 4.14. The molecule has 1 aromatic carbocycles. The van der Waals surface area contributed by atoms with Gasteiger partial charge in [-0.05, 0) is 25.5 Å². The van der Waals surface area contributed by atoms with Gasteiger partial charge in [0.15, 0.2) is 0 Å². The zero-order valence-electron chi connectivity index (χ0n) is 14.9. The van der Waals surface area contributed by atoms with Gasteiger partial charge in [-0.3, -0.25) is 19.3 Å². The molecule has 1 aromatic rings. The first-order valence-electron chi connectivity index (χ1n) is 8.81. The van der Waals surface area contributed by atoms with Crippen LogP contribution in [0.5, 0.6) is 0 Å². The number of carbonyl (C=O) groups is 3. The Balaban J connectivity index is 1.81. The lowest BCUT2D eigenvalue weighted by atomic mass is 10.1. The molecule has 0 unspecified atom stereocenters. The number of nitrogens with zero attached hydrogens (tertiary/aromatic N) is 2. The maximum atomic E-state index is 12.3. The second kappa shape index (κ2) is 9.11. The summed E-state index contributed by atoms with van der Waals surface area (Å²) < 4.78 is 0. The lowest BCUT2D eigenvalue weighted by molar-refractivity contribution is -0.121. The summed E-state index contributed by atoms with van der Waals surface area (Å²) in [4.78, 5) is 37.5. The molecule has 0 bridgehead atoms. The van der Waals surface area contributed by atoms with E-state index in [1.54, 1.807) is 31.2 Å². The third-order valence-electron chi connectivity index (χ3n) is 4.14. The van der Waals surface area contributed by atoms with E-state index in [0.29, 0.717) is 23.3 Å². The van der Waals surface area contributed by atoms with Crippen molar-refractivity contribution >= 4 is 23.4 Å². The zero-order chi connectivity index (χ0) is 18.2. The number of imide groups is 1. The van der Waals surface area contributed by atoms with Gasteiger partial charge in [-0.25, -0.2) is 5.43 Å². The van der Waals surface area contributed by atoms with Crippen LogP contribution in [0.15, 0.2) is 29.4 Å². The van der Waals surface area contributed by atoms with Crippen LogP contribution in [0.2, 0.25) is 0 Å². The number of carbonyl (C=O) groups excluding carboxylic acids is 3.